The minimum atomic E-state index is -1.13. The summed E-state index contributed by atoms with van der Waals surface area (Å²) in [4.78, 5) is 24.5. The van der Waals surface area contributed by atoms with Crippen molar-refractivity contribution < 1.29 is 14.7 Å². The fourth-order valence-electron chi connectivity index (χ4n) is 2.32. The predicted octanol–water partition coefficient (Wildman–Crippen LogP) is 2.77. The summed E-state index contributed by atoms with van der Waals surface area (Å²) in [6, 6.07) is 6.11. The zero-order chi connectivity index (χ0) is 15.6. The van der Waals surface area contributed by atoms with E-state index in [1.165, 1.54) is 11.8 Å². The number of thioether (sulfide) groups is 1. The molecule has 114 valence electrons. The van der Waals surface area contributed by atoms with Gasteiger partial charge in [-0.15, -0.1) is 11.8 Å². The third kappa shape index (κ3) is 3.79. The van der Waals surface area contributed by atoms with Gasteiger partial charge in [0, 0.05) is 4.90 Å². The molecule has 2 N–H and O–H groups in total. The number of carboxylic acids is 1. The minimum Gasteiger partial charge on any atom is -0.480 e. The molecule has 1 aromatic rings. The van der Waals surface area contributed by atoms with E-state index < -0.39 is 11.5 Å². The van der Waals surface area contributed by atoms with Crippen LogP contribution in [-0.2, 0) is 9.59 Å². The third-order valence-electron chi connectivity index (χ3n) is 3.94. The number of hydrogen-bond acceptors (Lipinski definition) is 3. The average Bonchev–Trinajstić information content (AvgIpc) is 3.24. The lowest BCUT2D eigenvalue weighted by molar-refractivity contribution is -0.147. The van der Waals surface area contributed by atoms with Gasteiger partial charge in [0.1, 0.15) is 5.54 Å². The summed E-state index contributed by atoms with van der Waals surface area (Å²) >= 11 is 1.45. The molecule has 0 heterocycles. The van der Waals surface area contributed by atoms with E-state index in [0.717, 1.165) is 28.9 Å². The first-order valence-corrected chi connectivity index (χ1v) is 8.06. The molecule has 21 heavy (non-hydrogen) atoms. The molecule has 1 unspecified atom stereocenters. The Balaban J connectivity index is 1.95. The van der Waals surface area contributed by atoms with Crippen molar-refractivity contribution >= 4 is 23.6 Å². The van der Waals surface area contributed by atoms with Gasteiger partial charge in [-0.1, -0.05) is 17.7 Å². The van der Waals surface area contributed by atoms with Crippen LogP contribution in [0.3, 0.4) is 0 Å². The molecule has 1 aromatic carbocycles. The smallest absolute Gasteiger partial charge is 0.329 e. The van der Waals surface area contributed by atoms with Gasteiger partial charge >= 0.3 is 5.97 Å². The Bertz CT molecular complexity index is 569. The number of benzene rings is 1. The number of hydrogen-bond donors (Lipinski definition) is 2. The average molecular weight is 307 g/mol. The van der Waals surface area contributed by atoms with E-state index in [4.69, 9.17) is 0 Å². The molecule has 0 bridgehead atoms. The van der Waals surface area contributed by atoms with E-state index in [1.807, 2.05) is 32.0 Å². The lowest BCUT2D eigenvalue weighted by Gasteiger charge is -2.26. The van der Waals surface area contributed by atoms with Crippen LogP contribution in [0, 0.1) is 19.8 Å². The summed E-state index contributed by atoms with van der Waals surface area (Å²) in [6.07, 6.45) is 1.74. The highest BCUT2D eigenvalue weighted by Crippen LogP contribution is 2.39. The van der Waals surface area contributed by atoms with Crippen molar-refractivity contribution in [3.05, 3.63) is 29.3 Å². The van der Waals surface area contributed by atoms with Crippen molar-refractivity contribution in [3.8, 4) is 0 Å². The second kappa shape index (κ2) is 6.10. The van der Waals surface area contributed by atoms with Crippen molar-refractivity contribution in [2.24, 2.45) is 5.92 Å². The number of aryl methyl sites for hydroxylation is 2. The van der Waals surface area contributed by atoms with Crippen LogP contribution in [0.1, 0.15) is 30.9 Å². The summed E-state index contributed by atoms with van der Waals surface area (Å²) in [5.41, 5.74) is 1.15. The Kier molecular flexibility index (Phi) is 4.61. The summed E-state index contributed by atoms with van der Waals surface area (Å²) in [6.45, 7) is 5.62. The number of nitrogens with one attached hydrogen (secondary N) is 1. The van der Waals surface area contributed by atoms with Gasteiger partial charge in [0.25, 0.3) is 0 Å². The Morgan fingerprint density at radius 2 is 2.05 bits per heavy atom. The van der Waals surface area contributed by atoms with E-state index in [0.29, 0.717) is 0 Å². The molecular weight excluding hydrogens is 286 g/mol. The third-order valence-corrected chi connectivity index (χ3v) is 5.10. The van der Waals surface area contributed by atoms with Crippen LogP contribution in [0.4, 0.5) is 0 Å². The number of rotatable bonds is 6. The maximum atomic E-state index is 12.1. The lowest BCUT2D eigenvalue weighted by Crippen LogP contribution is -2.54. The molecule has 0 radical (unpaired) electrons. The number of amides is 1. The van der Waals surface area contributed by atoms with Crippen LogP contribution < -0.4 is 5.32 Å². The summed E-state index contributed by atoms with van der Waals surface area (Å²) in [5.74, 6) is -0.877. The molecule has 4 nitrogen and oxygen atoms in total. The maximum Gasteiger partial charge on any atom is 0.329 e. The highest BCUT2D eigenvalue weighted by atomic mass is 32.2. The SMILES string of the molecule is Cc1ccc(C)c(SCC(=O)NC(C)(C(=O)O)C2CC2)c1. The first kappa shape index (κ1) is 15.9. The monoisotopic (exact) mass is 307 g/mol. The normalized spacial score (nSPS) is 17.1. The van der Waals surface area contributed by atoms with Gasteiger partial charge < -0.3 is 10.4 Å². The van der Waals surface area contributed by atoms with Gasteiger partial charge in [-0.05, 0) is 51.2 Å². The summed E-state index contributed by atoms with van der Waals surface area (Å²) < 4.78 is 0. The van der Waals surface area contributed by atoms with E-state index in [1.54, 1.807) is 6.92 Å². The number of carbonyl (C=O) groups is 2. The van der Waals surface area contributed by atoms with Crippen LogP contribution in [0.25, 0.3) is 0 Å². The number of carboxylic acid groups (broad SMARTS) is 1. The molecule has 0 spiro atoms. The molecule has 5 heteroatoms. The molecule has 1 amide bonds. The zero-order valence-corrected chi connectivity index (χ0v) is 13.4. The van der Waals surface area contributed by atoms with Crippen molar-refractivity contribution in [3.63, 3.8) is 0 Å². The second-order valence-corrected chi connectivity index (χ2v) is 6.90. The molecule has 1 aliphatic rings. The lowest BCUT2D eigenvalue weighted by atomic mass is 9.96. The predicted molar refractivity (Wildman–Crippen MR) is 83.5 cm³/mol. The van der Waals surface area contributed by atoms with Gasteiger partial charge in [-0.3, -0.25) is 4.79 Å². The van der Waals surface area contributed by atoms with Gasteiger partial charge in [0.2, 0.25) is 5.91 Å². The Morgan fingerprint density at radius 1 is 1.38 bits per heavy atom. The largest absolute Gasteiger partial charge is 0.480 e. The molecule has 1 saturated carbocycles. The van der Waals surface area contributed by atoms with E-state index in [-0.39, 0.29) is 17.6 Å². The highest BCUT2D eigenvalue weighted by molar-refractivity contribution is 8.00. The molecule has 1 atom stereocenters. The number of aliphatic carboxylic acids is 1. The number of carbonyl (C=O) groups excluding carboxylic acids is 1. The Morgan fingerprint density at radius 3 is 2.62 bits per heavy atom. The first-order chi connectivity index (χ1) is 9.83. The van der Waals surface area contributed by atoms with Crippen molar-refractivity contribution in [1.82, 2.24) is 5.32 Å². The molecular formula is C16H21NO3S. The first-order valence-electron chi connectivity index (χ1n) is 7.07. The van der Waals surface area contributed by atoms with Crippen LogP contribution in [0.5, 0.6) is 0 Å². The molecule has 0 saturated heterocycles. The quantitative estimate of drug-likeness (QED) is 0.793. The topological polar surface area (TPSA) is 66.4 Å². The fraction of sp³-hybridized carbons (Fsp3) is 0.500. The minimum absolute atomic E-state index is 0.0599. The summed E-state index contributed by atoms with van der Waals surface area (Å²) in [7, 11) is 0. The van der Waals surface area contributed by atoms with Crippen LogP contribution in [0.2, 0.25) is 0 Å². The van der Waals surface area contributed by atoms with Crippen molar-refractivity contribution in [1.29, 1.82) is 0 Å². The Labute approximate surface area is 129 Å². The summed E-state index contributed by atoms with van der Waals surface area (Å²) in [5, 5.41) is 12.0. The van der Waals surface area contributed by atoms with Crippen LogP contribution in [-0.4, -0.2) is 28.3 Å². The zero-order valence-electron chi connectivity index (χ0n) is 12.6. The molecule has 0 aromatic heterocycles. The van der Waals surface area contributed by atoms with Gasteiger partial charge in [-0.2, -0.15) is 0 Å². The van der Waals surface area contributed by atoms with E-state index in [9.17, 15) is 14.7 Å². The molecule has 0 aliphatic heterocycles. The van der Waals surface area contributed by atoms with Crippen molar-refractivity contribution in [2.75, 3.05) is 5.75 Å². The van der Waals surface area contributed by atoms with Gasteiger partial charge in [0.05, 0.1) is 5.75 Å². The second-order valence-electron chi connectivity index (χ2n) is 5.89. The van der Waals surface area contributed by atoms with Crippen molar-refractivity contribution in [2.45, 2.75) is 44.0 Å². The van der Waals surface area contributed by atoms with Gasteiger partial charge in [-0.25, -0.2) is 4.79 Å². The van der Waals surface area contributed by atoms with Crippen LogP contribution in [0.15, 0.2) is 23.1 Å². The van der Waals surface area contributed by atoms with Crippen LogP contribution >= 0.6 is 11.8 Å². The van der Waals surface area contributed by atoms with E-state index >= 15 is 0 Å². The van der Waals surface area contributed by atoms with E-state index in [2.05, 4.69) is 5.32 Å². The van der Waals surface area contributed by atoms with Gasteiger partial charge in [0.15, 0.2) is 0 Å². The standard InChI is InChI=1S/C16H21NO3S/c1-10-4-5-11(2)13(8-10)21-9-14(18)17-16(3,15(19)20)12-6-7-12/h4-5,8,12H,6-7,9H2,1-3H3,(H,17,18)(H,19,20). The molecule has 1 fully saturated rings. The fourth-order valence-corrected chi connectivity index (χ4v) is 3.25. The highest BCUT2D eigenvalue weighted by Gasteiger charge is 2.48. The Hall–Kier alpha value is -1.49. The molecule has 2 rings (SSSR count). The maximum absolute atomic E-state index is 12.1. The molecule has 1 aliphatic carbocycles.